The van der Waals surface area contributed by atoms with Crippen molar-refractivity contribution in [2.45, 2.75) is 88.7 Å². The molecular formula is C21H32O5. The molecule has 4 aliphatic rings. The zero-order valence-electron chi connectivity index (χ0n) is 16.4. The van der Waals surface area contributed by atoms with Crippen LogP contribution in [-0.4, -0.2) is 46.7 Å². The standard InChI is InChI=1S/C21H32O5/c1-13-6-7-15-8-9-19-17(24-5)25-20(23,12-14(2)11-16(22)10-13)21(19,26-19)18(15,3)4/h11,15-17,22-23H,1,6-10,12H2,2-5H3/b14-11+/t15-,16+,17-,19-,20-,21-/m1/s1. The Kier molecular flexibility index (Phi) is 4.05. The summed E-state index contributed by atoms with van der Waals surface area (Å²) < 4.78 is 18.2. The van der Waals surface area contributed by atoms with Crippen LogP contribution in [0.4, 0.5) is 0 Å². The third kappa shape index (κ3) is 2.15. The molecule has 146 valence electrons. The normalized spacial score (nSPS) is 52.3. The molecule has 0 radical (unpaired) electrons. The Balaban J connectivity index is 1.81. The quantitative estimate of drug-likeness (QED) is 0.553. The van der Waals surface area contributed by atoms with E-state index in [2.05, 4.69) is 20.4 Å². The number of hydrogen-bond donors (Lipinski definition) is 2. The molecule has 5 nitrogen and oxygen atoms in total. The van der Waals surface area contributed by atoms with Crippen LogP contribution in [0.1, 0.15) is 59.3 Å². The highest BCUT2D eigenvalue weighted by Crippen LogP contribution is 2.77. The minimum absolute atomic E-state index is 0.258. The Bertz CT molecular complexity index is 655. The maximum absolute atomic E-state index is 11.7. The SMILES string of the molecule is C=C1CC[C@@H]2CC[C@]34O[C@@]3(C2(C)C)[C@@](O)(C/C(C)=C/[C@@H](O)C1)O[C@H]4OC. The maximum atomic E-state index is 11.7. The molecule has 2 aliphatic heterocycles. The van der Waals surface area contributed by atoms with E-state index >= 15 is 0 Å². The van der Waals surface area contributed by atoms with Gasteiger partial charge in [0, 0.05) is 18.9 Å². The zero-order chi connectivity index (χ0) is 19.0. The lowest BCUT2D eigenvalue weighted by Crippen LogP contribution is -2.59. The summed E-state index contributed by atoms with van der Waals surface area (Å²) in [6.07, 6.45) is 5.24. The highest BCUT2D eigenvalue weighted by molar-refractivity contribution is 5.37. The van der Waals surface area contributed by atoms with Crippen molar-refractivity contribution in [1.82, 2.24) is 0 Å². The molecule has 0 unspecified atom stereocenters. The molecule has 26 heavy (non-hydrogen) atoms. The molecule has 2 N–H and O–H groups in total. The van der Waals surface area contributed by atoms with Gasteiger partial charge in [-0.3, -0.25) is 0 Å². The average molecular weight is 364 g/mol. The van der Waals surface area contributed by atoms with Crippen molar-refractivity contribution in [2.24, 2.45) is 11.3 Å². The van der Waals surface area contributed by atoms with E-state index in [9.17, 15) is 10.2 Å². The molecule has 2 heterocycles. The Morgan fingerprint density at radius 2 is 2.04 bits per heavy atom. The van der Waals surface area contributed by atoms with Gasteiger partial charge >= 0.3 is 0 Å². The van der Waals surface area contributed by atoms with E-state index in [0.717, 1.165) is 36.8 Å². The van der Waals surface area contributed by atoms with Gasteiger partial charge in [-0.2, -0.15) is 0 Å². The van der Waals surface area contributed by atoms with Crippen molar-refractivity contribution in [3.8, 4) is 0 Å². The highest BCUT2D eigenvalue weighted by Gasteiger charge is 2.93. The van der Waals surface area contributed by atoms with Crippen molar-refractivity contribution >= 4 is 0 Å². The highest BCUT2D eigenvalue weighted by atomic mass is 16.8. The Morgan fingerprint density at radius 1 is 1.31 bits per heavy atom. The number of rotatable bonds is 1. The topological polar surface area (TPSA) is 71.5 Å². The molecule has 3 fully saturated rings. The fourth-order valence-corrected chi connectivity index (χ4v) is 6.30. The zero-order valence-corrected chi connectivity index (χ0v) is 16.4. The van der Waals surface area contributed by atoms with Gasteiger partial charge in [-0.1, -0.05) is 37.6 Å². The predicted molar refractivity (Wildman–Crippen MR) is 97.3 cm³/mol. The summed E-state index contributed by atoms with van der Waals surface area (Å²) in [5, 5.41) is 22.0. The van der Waals surface area contributed by atoms with Crippen molar-refractivity contribution in [3.05, 3.63) is 23.8 Å². The van der Waals surface area contributed by atoms with Crippen molar-refractivity contribution in [3.63, 3.8) is 0 Å². The molecule has 5 heteroatoms. The molecule has 1 saturated carbocycles. The Labute approximate surface area is 156 Å². The molecule has 2 bridgehead atoms. The number of ether oxygens (including phenoxy) is 3. The van der Waals surface area contributed by atoms with E-state index in [1.165, 1.54) is 0 Å². The first-order valence-electron chi connectivity index (χ1n) is 9.77. The van der Waals surface area contributed by atoms with Crippen molar-refractivity contribution in [2.75, 3.05) is 7.11 Å². The van der Waals surface area contributed by atoms with E-state index in [1.54, 1.807) is 7.11 Å². The van der Waals surface area contributed by atoms with Crippen LogP contribution in [0.15, 0.2) is 23.8 Å². The van der Waals surface area contributed by atoms with Gasteiger partial charge in [0.2, 0.25) is 5.79 Å². The molecule has 0 aromatic heterocycles. The number of aliphatic hydroxyl groups excluding tert-OH is 1. The summed E-state index contributed by atoms with van der Waals surface area (Å²) in [6, 6.07) is 0. The minimum Gasteiger partial charge on any atom is -0.389 e. The van der Waals surface area contributed by atoms with Gasteiger partial charge < -0.3 is 24.4 Å². The van der Waals surface area contributed by atoms with E-state index < -0.39 is 29.4 Å². The first-order valence-corrected chi connectivity index (χ1v) is 9.77. The van der Waals surface area contributed by atoms with Gasteiger partial charge in [0.15, 0.2) is 17.5 Å². The molecule has 0 aromatic rings. The van der Waals surface area contributed by atoms with Gasteiger partial charge in [0.1, 0.15) is 0 Å². The number of fused-ring (bicyclic) bond motifs is 1. The Morgan fingerprint density at radius 3 is 2.73 bits per heavy atom. The van der Waals surface area contributed by atoms with E-state index in [4.69, 9.17) is 14.2 Å². The average Bonchev–Trinajstić information content (AvgIpc) is 3.19. The summed E-state index contributed by atoms with van der Waals surface area (Å²) in [6.45, 7) is 10.5. The van der Waals surface area contributed by atoms with Crippen LogP contribution < -0.4 is 0 Å². The van der Waals surface area contributed by atoms with Crippen molar-refractivity contribution in [1.29, 1.82) is 0 Å². The second kappa shape index (κ2) is 5.65. The molecule has 0 aromatic carbocycles. The fraction of sp³-hybridized carbons (Fsp3) is 0.810. The first-order chi connectivity index (χ1) is 12.1. The molecule has 1 spiro atoms. The lowest BCUT2D eigenvalue weighted by molar-refractivity contribution is -0.312. The largest absolute Gasteiger partial charge is 0.389 e. The second-order valence-corrected chi connectivity index (χ2v) is 9.35. The number of epoxide rings is 1. The molecular weight excluding hydrogens is 332 g/mol. The third-order valence-corrected chi connectivity index (χ3v) is 7.47. The summed E-state index contributed by atoms with van der Waals surface area (Å²) in [7, 11) is 1.61. The summed E-state index contributed by atoms with van der Waals surface area (Å²) in [5.41, 5.74) is 0.359. The van der Waals surface area contributed by atoms with Crippen molar-refractivity contribution < 1.29 is 24.4 Å². The summed E-state index contributed by atoms with van der Waals surface area (Å²) in [5.74, 6) is -1.06. The monoisotopic (exact) mass is 364 g/mol. The van der Waals surface area contributed by atoms with Crippen LogP contribution in [-0.2, 0) is 14.2 Å². The van der Waals surface area contributed by atoms with E-state index in [-0.39, 0.29) is 5.41 Å². The summed E-state index contributed by atoms with van der Waals surface area (Å²) >= 11 is 0. The minimum atomic E-state index is -1.45. The number of hydrogen-bond acceptors (Lipinski definition) is 5. The van der Waals surface area contributed by atoms with Crippen LogP contribution in [0.25, 0.3) is 0 Å². The van der Waals surface area contributed by atoms with E-state index in [0.29, 0.717) is 18.8 Å². The summed E-state index contributed by atoms with van der Waals surface area (Å²) in [4.78, 5) is 0. The van der Waals surface area contributed by atoms with Crippen LogP contribution in [0.5, 0.6) is 0 Å². The van der Waals surface area contributed by atoms with Gasteiger partial charge in [-0.05, 0) is 44.9 Å². The van der Waals surface area contributed by atoms with Gasteiger partial charge in [0.25, 0.3) is 0 Å². The molecule has 6 atom stereocenters. The first kappa shape index (κ1) is 18.6. The predicted octanol–water partition coefficient (Wildman–Crippen LogP) is 3.06. The van der Waals surface area contributed by atoms with Crippen LogP contribution in [0, 0.1) is 11.3 Å². The van der Waals surface area contributed by atoms with E-state index in [1.807, 2.05) is 13.0 Å². The molecule has 2 saturated heterocycles. The lowest BCUT2D eigenvalue weighted by Gasteiger charge is -2.47. The van der Waals surface area contributed by atoms with Crippen LogP contribution >= 0.6 is 0 Å². The molecule has 4 rings (SSSR count). The molecule has 0 amide bonds. The fourth-order valence-electron chi connectivity index (χ4n) is 6.30. The maximum Gasteiger partial charge on any atom is 0.205 e. The van der Waals surface area contributed by atoms with Crippen LogP contribution in [0.2, 0.25) is 0 Å². The smallest absolute Gasteiger partial charge is 0.205 e. The van der Waals surface area contributed by atoms with Gasteiger partial charge in [0.05, 0.1) is 6.10 Å². The Hall–Kier alpha value is -0.720. The molecule has 2 aliphatic carbocycles. The lowest BCUT2D eigenvalue weighted by atomic mass is 9.54. The third-order valence-electron chi connectivity index (χ3n) is 7.47. The number of aliphatic hydroxyl groups is 2. The second-order valence-electron chi connectivity index (χ2n) is 9.35. The van der Waals surface area contributed by atoms with Gasteiger partial charge in [-0.25, -0.2) is 0 Å². The van der Waals surface area contributed by atoms with Crippen LogP contribution in [0.3, 0.4) is 0 Å². The number of methoxy groups -OCH3 is 1. The van der Waals surface area contributed by atoms with Gasteiger partial charge in [-0.15, -0.1) is 0 Å².